The number of para-hydroxylation sites is 3. The molecule has 0 unspecified atom stereocenters. The van der Waals surface area contributed by atoms with E-state index in [-0.39, 0.29) is 6.54 Å². The average molecular weight is 325 g/mol. The lowest BCUT2D eigenvalue weighted by Crippen LogP contribution is -2.42. The van der Waals surface area contributed by atoms with Gasteiger partial charge in [0.05, 0.1) is 0 Å². The Balaban J connectivity index is 1.85. The molecule has 6 nitrogen and oxygen atoms in total. The first-order chi connectivity index (χ1) is 11.6. The summed E-state index contributed by atoms with van der Waals surface area (Å²) in [5.74, 6) is 0.923. The number of aryl methyl sites for hydroxylation is 1. The number of anilines is 1. The number of benzene rings is 2. The van der Waals surface area contributed by atoms with Crippen LogP contribution in [0.4, 0.5) is 5.95 Å². The van der Waals surface area contributed by atoms with E-state index in [1.54, 1.807) is 4.57 Å². The van der Waals surface area contributed by atoms with Gasteiger partial charge >= 0.3 is 5.95 Å². The molecule has 3 aromatic rings. The van der Waals surface area contributed by atoms with Crippen molar-refractivity contribution < 1.29 is 14.1 Å². The number of carbonyl (C=O) groups excluding carboxylic acids is 1. The fourth-order valence-electron chi connectivity index (χ4n) is 2.84. The number of nitrogens with two attached hydrogens (primary N) is 2. The van der Waals surface area contributed by atoms with Gasteiger partial charge in [-0.2, -0.15) is 0 Å². The number of rotatable bonds is 6. The molecule has 3 rings (SSSR count). The number of imidazole rings is 1. The molecule has 1 aromatic heterocycles. The van der Waals surface area contributed by atoms with Crippen LogP contribution in [0.3, 0.4) is 0 Å². The second-order valence-electron chi connectivity index (χ2n) is 5.66. The van der Waals surface area contributed by atoms with Crippen molar-refractivity contribution in [1.29, 1.82) is 0 Å². The molecule has 0 aliphatic rings. The van der Waals surface area contributed by atoms with E-state index in [4.69, 9.17) is 16.2 Å². The number of carbonyl (C=O) groups is 1. The zero-order valence-electron chi connectivity index (χ0n) is 13.6. The van der Waals surface area contributed by atoms with Crippen molar-refractivity contribution in [2.45, 2.75) is 20.0 Å². The number of fused-ring (bicyclic) bond motifs is 1. The summed E-state index contributed by atoms with van der Waals surface area (Å²) in [5.41, 5.74) is 14.5. The molecule has 0 spiro atoms. The summed E-state index contributed by atoms with van der Waals surface area (Å²) in [5, 5.41) is 0. The van der Waals surface area contributed by atoms with Gasteiger partial charge in [0, 0.05) is 0 Å². The standard InChI is InChI=1S/C18H20N4O2/c1-13-6-2-5-9-16(13)24-11-10-21-14-7-3-4-8-15(14)22(18(21)20)12-17(19)23/h2-9,20H,10-12H2,1H3,(H2,19,23)/p+1. The van der Waals surface area contributed by atoms with Gasteiger partial charge < -0.3 is 10.5 Å². The highest BCUT2D eigenvalue weighted by atomic mass is 16.5. The lowest BCUT2D eigenvalue weighted by Gasteiger charge is -2.08. The Morgan fingerprint density at radius 1 is 1.17 bits per heavy atom. The summed E-state index contributed by atoms with van der Waals surface area (Å²) in [6.45, 7) is 3.12. The van der Waals surface area contributed by atoms with Gasteiger partial charge in [-0.1, -0.05) is 30.3 Å². The van der Waals surface area contributed by atoms with E-state index in [0.717, 1.165) is 22.3 Å². The van der Waals surface area contributed by atoms with Gasteiger partial charge in [0.1, 0.15) is 29.9 Å². The van der Waals surface area contributed by atoms with Gasteiger partial charge in [-0.15, -0.1) is 0 Å². The minimum Gasteiger partial charge on any atom is -0.490 e. The van der Waals surface area contributed by atoms with Crippen LogP contribution in [0.1, 0.15) is 5.56 Å². The van der Waals surface area contributed by atoms with Crippen LogP contribution in [0.15, 0.2) is 48.5 Å². The molecule has 1 amide bonds. The van der Waals surface area contributed by atoms with E-state index in [0.29, 0.717) is 19.1 Å². The van der Waals surface area contributed by atoms with Crippen LogP contribution in [0.25, 0.3) is 11.0 Å². The van der Waals surface area contributed by atoms with Gasteiger partial charge in [-0.3, -0.25) is 10.5 Å². The van der Waals surface area contributed by atoms with Gasteiger partial charge in [0.25, 0.3) is 5.91 Å². The molecule has 0 radical (unpaired) electrons. The third kappa shape index (κ3) is 3.03. The maximum Gasteiger partial charge on any atom is 0.356 e. The Labute approximate surface area is 140 Å². The van der Waals surface area contributed by atoms with Crippen LogP contribution in [-0.4, -0.2) is 17.1 Å². The van der Waals surface area contributed by atoms with Crippen molar-refractivity contribution in [3.63, 3.8) is 0 Å². The van der Waals surface area contributed by atoms with Gasteiger partial charge in [-0.25, -0.2) is 9.13 Å². The number of aromatic nitrogens is 2. The molecule has 2 aromatic carbocycles. The molecular formula is C18H21N4O2+. The number of primary amides is 1. The Hall–Kier alpha value is -3.02. The van der Waals surface area contributed by atoms with Crippen molar-refractivity contribution in [2.75, 3.05) is 12.3 Å². The van der Waals surface area contributed by atoms with Crippen LogP contribution in [0.5, 0.6) is 5.75 Å². The maximum atomic E-state index is 11.3. The van der Waals surface area contributed by atoms with E-state index in [1.807, 2.05) is 60.0 Å². The van der Waals surface area contributed by atoms with Crippen molar-refractivity contribution >= 4 is 22.9 Å². The fourth-order valence-corrected chi connectivity index (χ4v) is 2.84. The number of hydrogen-bond acceptors (Lipinski definition) is 3. The zero-order chi connectivity index (χ0) is 17.1. The van der Waals surface area contributed by atoms with E-state index >= 15 is 0 Å². The summed E-state index contributed by atoms with van der Waals surface area (Å²) >= 11 is 0. The van der Waals surface area contributed by atoms with E-state index in [1.165, 1.54) is 0 Å². The zero-order valence-corrected chi connectivity index (χ0v) is 13.6. The van der Waals surface area contributed by atoms with Gasteiger partial charge in [0.15, 0.2) is 6.54 Å². The van der Waals surface area contributed by atoms with Crippen LogP contribution < -0.4 is 20.8 Å². The largest absolute Gasteiger partial charge is 0.490 e. The highest BCUT2D eigenvalue weighted by Crippen LogP contribution is 2.18. The molecular weight excluding hydrogens is 304 g/mol. The molecule has 0 saturated heterocycles. The maximum absolute atomic E-state index is 11.3. The molecule has 1 heterocycles. The molecule has 0 aliphatic carbocycles. The molecule has 4 N–H and O–H groups in total. The van der Waals surface area contributed by atoms with Crippen molar-refractivity contribution in [3.05, 3.63) is 54.1 Å². The summed E-state index contributed by atoms with van der Waals surface area (Å²) in [7, 11) is 0. The molecule has 0 aliphatic heterocycles. The summed E-state index contributed by atoms with van der Waals surface area (Å²) in [6, 6.07) is 15.6. The number of ether oxygens (including phenoxy) is 1. The summed E-state index contributed by atoms with van der Waals surface area (Å²) in [6.07, 6.45) is 0. The lowest BCUT2D eigenvalue weighted by molar-refractivity contribution is -0.644. The summed E-state index contributed by atoms with van der Waals surface area (Å²) < 4.78 is 9.53. The first-order valence-corrected chi connectivity index (χ1v) is 7.81. The van der Waals surface area contributed by atoms with Crippen LogP contribution in [-0.2, 0) is 17.9 Å². The Bertz CT molecular complexity index is 886. The van der Waals surface area contributed by atoms with E-state index < -0.39 is 5.91 Å². The molecule has 0 saturated carbocycles. The molecule has 24 heavy (non-hydrogen) atoms. The Morgan fingerprint density at radius 3 is 2.62 bits per heavy atom. The number of nitrogen functional groups attached to an aromatic ring is 1. The smallest absolute Gasteiger partial charge is 0.356 e. The number of nitrogens with zero attached hydrogens (tertiary/aromatic N) is 2. The normalized spacial score (nSPS) is 10.9. The topological polar surface area (TPSA) is 87.2 Å². The summed E-state index contributed by atoms with van der Waals surface area (Å²) in [4.78, 5) is 11.3. The highest BCUT2D eigenvalue weighted by Gasteiger charge is 2.21. The first-order valence-electron chi connectivity index (χ1n) is 7.81. The van der Waals surface area contributed by atoms with E-state index in [2.05, 4.69) is 0 Å². The molecule has 0 bridgehead atoms. The van der Waals surface area contributed by atoms with E-state index in [9.17, 15) is 4.79 Å². The second kappa shape index (κ2) is 6.62. The molecule has 6 heteroatoms. The van der Waals surface area contributed by atoms with Crippen molar-refractivity contribution in [1.82, 2.24) is 4.57 Å². The van der Waals surface area contributed by atoms with Crippen LogP contribution in [0, 0.1) is 6.92 Å². The average Bonchev–Trinajstić information content (AvgIpc) is 2.82. The molecule has 124 valence electrons. The quantitative estimate of drug-likeness (QED) is 0.671. The monoisotopic (exact) mass is 325 g/mol. The van der Waals surface area contributed by atoms with Gasteiger partial charge in [-0.05, 0) is 30.7 Å². The Kier molecular flexibility index (Phi) is 4.37. The third-order valence-electron chi connectivity index (χ3n) is 4.00. The SMILES string of the molecule is Cc1ccccc1OCCn1c(N)[n+](CC(N)=O)c2ccccc21. The van der Waals surface area contributed by atoms with Crippen LogP contribution >= 0.6 is 0 Å². The van der Waals surface area contributed by atoms with Crippen molar-refractivity contribution in [3.8, 4) is 5.75 Å². The Morgan fingerprint density at radius 2 is 1.88 bits per heavy atom. The molecule has 0 atom stereocenters. The van der Waals surface area contributed by atoms with Crippen molar-refractivity contribution in [2.24, 2.45) is 5.73 Å². The van der Waals surface area contributed by atoms with Gasteiger partial charge in [0.2, 0.25) is 0 Å². The fraction of sp³-hybridized carbons (Fsp3) is 0.222. The predicted molar refractivity (Wildman–Crippen MR) is 92.4 cm³/mol. The minimum atomic E-state index is -0.425. The third-order valence-corrected chi connectivity index (χ3v) is 4.00. The number of amides is 1. The molecule has 0 fully saturated rings. The predicted octanol–water partition coefficient (Wildman–Crippen LogP) is 1.38. The highest BCUT2D eigenvalue weighted by molar-refractivity contribution is 5.76. The second-order valence-corrected chi connectivity index (χ2v) is 5.66. The van der Waals surface area contributed by atoms with Crippen LogP contribution in [0.2, 0.25) is 0 Å². The first kappa shape index (κ1) is 15.9. The minimum absolute atomic E-state index is 0.0536. The number of hydrogen-bond donors (Lipinski definition) is 2. The lowest BCUT2D eigenvalue weighted by atomic mass is 10.2.